The Kier molecular flexibility index (Phi) is 3.57. The van der Waals surface area contributed by atoms with Crippen LogP contribution in [0.1, 0.15) is 11.3 Å². The predicted octanol–water partition coefficient (Wildman–Crippen LogP) is 3.03. The molecule has 3 nitrogen and oxygen atoms in total. The molecule has 19 heavy (non-hydrogen) atoms. The number of halogens is 4. The Morgan fingerprint density at radius 2 is 1.89 bits per heavy atom. The van der Waals surface area contributed by atoms with Gasteiger partial charge >= 0.3 is 6.18 Å². The fraction of sp³-hybridized carbons (Fsp3) is 0.250. The first-order valence-electron chi connectivity index (χ1n) is 5.35. The molecule has 2 rings (SSSR count). The van der Waals surface area contributed by atoms with E-state index in [0.717, 1.165) is 12.1 Å². The lowest BCUT2D eigenvalue weighted by Gasteiger charge is -2.07. The van der Waals surface area contributed by atoms with Gasteiger partial charge in [-0.15, -0.1) is 0 Å². The molecule has 0 aliphatic carbocycles. The van der Waals surface area contributed by atoms with Crippen molar-refractivity contribution in [2.45, 2.75) is 12.6 Å². The van der Waals surface area contributed by atoms with E-state index in [4.69, 9.17) is 9.63 Å². The van der Waals surface area contributed by atoms with Gasteiger partial charge in [-0.05, 0) is 18.2 Å². The third-order valence-electron chi connectivity index (χ3n) is 2.44. The van der Waals surface area contributed by atoms with Crippen molar-refractivity contribution in [1.82, 2.24) is 5.16 Å². The molecule has 102 valence electrons. The van der Waals surface area contributed by atoms with Gasteiger partial charge in [0, 0.05) is 18.1 Å². The van der Waals surface area contributed by atoms with Crippen LogP contribution < -0.4 is 0 Å². The topological polar surface area (TPSA) is 46.3 Å². The van der Waals surface area contributed by atoms with Gasteiger partial charge in [0.1, 0.15) is 17.3 Å². The summed E-state index contributed by atoms with van der Waals surface area (Å²) in [5, 5.41) is 12.2. The fourth-order valence-corrected chi connectivity index (χ4v) is 1.58. The first-order chi connectivity index (χ1) is 8.90. The summed E-state index contributed by atoms with van der Waals surface area (Å²) in [6, 6.07) is 3.52. The van der Waals surface area contributed by atoms with E-state index in [0.29, 0.717) is 11.8 Å². The Balaban J connectivity index is 2.41. The lowest BCUT2D eigenvalue weighted by molar-refractivity contribution is -0.137. The molecule has 1 aromatic carbocycles. The van der Waals surface area contributed by atoms with Crippen LogP contribution in [0.5, 0.6) is 0 Å². The minimum Gasteiger partial charge on any atom is -0.396 e. The van der Waals surface area contributed by atoms with E-state index in [2.05, 4.69) is 5.16 Å². The van der Waals surface area contributed by atoms with Crippen LogP contribution in [0, 0.1) is 5.82 Å². The smallest absolute Gasteiger partial charge is 0.396 e. The van der Waals surface area contributed by atoms with E-state index < -0.39 is 17.6 Å². The molecular formula is C12H9F4NO2. The number of alkyl halides is 3. The van der Waals surface area contributed by atoms with E-state index in [-0.39, 0.29) is 24.3 Å². The first-order valence-corrected chi connectivity index (χ1v) is 5.35. The SMILES string of the molecule is OCCc1cc(-c2cc(F)cc(C(F)(F)F)c2)no1. The number of benzene rings is 1. The quantitative estimate of drug-likeness (QED) is 0.876. The fourth-order valence-electron chi connectivity index (χ4n) is 1.58. The van der Waals surface area contributed by atoms with Crippen molar-refractivity contribution in [2.24, 2.45) is 0 Å². The number of aromatic nitrogens is 1. The van der Waals surface area contributed by atoms with Crippen molar-refractivity contribution in [3.05, 3.63) is 41.4 Å². The lowest BCUT2D eigenvalue weighted by Crippen LogP contribution is -2.05. The van der Waals surface area contributed by atoms with Gasteiger partial charge in [0.05, 0.1) is 12.2 Å². The predicted molar refractivity (Wildman–Crippen MR) is 57.7 cm³/mol. The van der Waals surface area contributed by atoms with Crippen molar-refractivity contribution in [1.29, 1.82) is 0 Å². The Morgan fingerprint density at radius 1 is 1.16 bits per heavy atom. The van der Waals surface area contributed by atoms with Crippen LogP contribution in [-0.4, -0.2) is 16.9 Å². The highest BCUT2D eigenvalue weighted by molar-refractivity contribution is 5.60. The lowest BCUT2D eigenvalue weighted by atomic mass is 10.1. The van der Waals surface area contributed by atoms with Gasteiger partial charge in [0.15, 0.2) is 0 Å². The average Bonchev–Trinajstić information content (AvgIpc) is 2.76. The summed E-state index contributed by atoms with van der Waals surface area (Å²) in [4.78, 5) is 0. The van der Waals surface area contributed by atoms with Crippen molar-refractivity contribution in [3.63, 3.8) is 0 Å². The highest BCUT2D eigenvalue weighted by atomic mass is 19.4. The number of aliphatic hydroxyl groups excluding tert-OH is 1. The highest BCUT2D eigenvalue weighted by Gasteiger charge is 2.31. The Bertz CT molecular complexity index is 577. The van der Waals surface area contributed by atoms with Gasteiger partial charge < -0.3 is 9.63 Å². The maximum absolute atomic E-state index is 13.2. The van der Waals surface area contributed by atoms with Crippen LogP contribution in [-0.2, 0) is 12.6 Å². The number of hydrogen-bond donors (Lipinski definition) is 1. The van der Waals surface area contributed by atoms with Gasteiger partial charge in [-0.1, -0.05) is 5.16 Å². The summed E-state index contributed by atoms with van der Waals surface area (Å²) in [6.45, 7) is -0.175. The molecule has 0 amide bonds. The van der Waals surface area contributed by atoms with Crippen LogP contribution >= 0.6 is 0 Å². The normalized spacial score (nSPS) is 11.8. The highest BCUT2D eigenvalue weighted by Crippen LogP contribution is 2.33. The molecule has 0 unspecified atom stereocenters. The minimum atomic E-state index is -4.63. The molecule has 0 bridgehead atoms. The number of rotatable bonds is 3. The summed E-state index contributed by atoms with van der Waals surface area (Å²) in [5.41, 5.74) is -1.03. The molecule has 1 aromatic heterocycles. The number of aliphatic hydroxyl groups is 1. The molecule has 0 saturated carbocycles. The Labute approximate surface area is 105 Å². The third-order valence-corrected chi connectivity index (χ3v) is 2.44. The van der Waals surface area contributed by atoms with Crippen molar-refractivity contribution < 1.29 is 27.2 Å². The van der Waals surface area contributed by atoms with Gasteiger partial charge in [-0.3, -0.25) is 0 Å². The summed E-state index contributed by atoms with van der Waals surface area (Å²) in [7, 11) is 0. The molecule has 0 radical (unpaired) electrons. The van der Waals surface area contributed by atoms with Gasteiger partial charge in [0.25, 0.3) is 0 Å². The van der Waals surface area contributed by atoms with E-state index in [9.17, 15) is 17.6 Å². The molecule has 0 atom stereocenters. The summed E-state index contributed by atoms with van der Waals surface area (Å²) >= 11 is 0. The number of hydrogen-bond acceptors (Lipinski definition) is 3. The number of nitrogens with zero attached hydrogens (tertiary/aromatic N) is 1. The van der Waals surface area contributed by atoms with E-state index in [1.165, 1.54) is 6.07 Å². The standard InChI is InChI=1S/C12H9F4NO2/c13-9-4-7(3-8(5-9)12(14,15)16)11-6-10(1-2-18)19-17-11/h3-6,18H,1-2H2. The summed E-state index contributed by atoms with van der Waals surface area (Å²) in [5.74, 6) is -0.688. The van der Waals surface area contributed by atoms with Crippen LogP contribution in [0.2, 0.25) is 0 Å². The van der Waals surface area contributed by atoms with Crippen molar-refractivity contribution in [3.8, 4) is 11.3 Å². The molecular weight excluding hydrogens is 266 g/mol. The van der Waals surface area contributed by atoms with Crippen molar-refractivity contribution >= 4 is 0 Å². The van der Waals surface area contributed by atoms with Crippen LogP contribution in [0.3, 0.4) is 0 Å². The molecule has 0 fully saturated rings. The van der Waals surface area contributed by atoms with Gasteiger partial charge in [-0.2, -0.15) is 13.2 Å². The maximum atomic E-state index is 13.2. The third kappa shape index (κ3) is 3.11. The molecule has 0 spiro atoms. The van der Waals surface area contributed by atoms with Crippen LogP contribution in [0.25, 0.3) is 11.3 Å². The summed E-state index contributed by atoms with van der Waals surface area (Å²) in [6.07, 6.45) is -4.44. The van der Waals surface area contributed by atoms with Gasteiger partial charge in [0.2, 0.25) is 0 Å². The zero-order valence-corrected chi connectivity index (χ0v) is 9.54. The molecule has 1 N–H and O–H groups in total. The minimum absolute atomic E-state index is 0.0275. The van der Waals surface area contributed by atoms with Crippen LogP contribution in [0.15, 0.2) is 28.8 Å². The molecule has 2 aromatic rings. The molecule has 0 saturated heterocycles. The second kappa shape index (κ2) is 5.00. The first kappa shape index (κ1) is 13.5. The van der Waals surface area contributed by atoms with Crippen LogP contribution in [0.4, 0.5) is 17.6 Å². The monoisotopic (exact) mass is 275 g/mol. The van der Waals surface area contributed by atoms with Gasteiger partial charge in [-0.25, -0.2) is 4.39 Å². The Hall–Kier alpha value is -1.89. The molecule has 1 heterocycles. The zero-order chi connectivity index (χ0) is 14.0. The van der Waals surface area contributed by atoms with Crippen molar-refractivity contribution in [2.75, 3.05) is 6.61 Å². The maximum Gasteiger partial charge on any atom is 0.416 e. The zero-order valence-electron chi connectivity index (χ0n) is 9.54. The molecule has 7 heteroatoms. The second-order valence-corrected chi connectivity index (χ2v) is 3.88. The Morgan fingerprint density at radius 3 is 2.53 bits per heavy atom. The van der Waals surface area contributed by atoms with E-state index in [1.54, 1.807) is 0 Å². The second-order valence-electron chi connectivity index (χ2n) is 3.88. The van der Waals surface area contributed by atoms with E-state index in [1.807, 2.05) is 0 Å². The largest absolute Gasteiger partial charge is 0.416 e. The molecule has 0 aliphatic heterocycles. The average molecular weight is 275 g/mol. The summed E-state index contributed by atoms with van der Waals surface area (Å²) < 4.78 is 55.6. The molecule has 0 aliphatic rings. The van der Waals surface area contributed by atoms with E-state index >= 15 is 0 Å².